The predicted octanol–water partition coefficient (Wildman–Crippen LogP) is 1.05. The van der Waals surface area contributed by atoms with Crippen molar-refractivity contribution in [2.24, 2.45) is 0 Å². The van der Waals surface area contributed by atoms with Gasteiger partial charge in [0.25, 0.3) is 0 Å². The van der Waals surface area contributed by atoms with E-state index in [9.17, 15) is 5.11 Å². The first-order valence-electron chi connectivity index (χ1n) is 6.18. The van der Waals surface area contributed by atoms with Crippen molar-refractivity contribution in [2.45, 2.75) is 19.1 Å². The molecule has 0 radical (unpaired) electrons. The van der Waals surface area contributed by atoms with Gasteiger partial charge in [-0.25, -0.2) is 4.98 Å². The van der Waals surface area contributed by atoms with Crippen LogP contribution in [-0.2, 0) is 11.3 Å². The number of ether oxygens (including phenoxy) is 1. The summed E-state index contributed by atoms with van der Waals surface area (Å²) < 4.78 is 7.31. The van der Waals surface area contributed by atoms with Gasteiger partial charge in [-0.05, 0) is 18.6 Å². The van der Waals surface area contributed by atoms with Gasteiger partial charge >= 0.3 is 0 Å². The molecular weight excluding hydrogens is 230 g/mol. The van der Waals surface area contributed by atoms with Crippen molar-refractivity contribution >= 4 is 11.5 Å². The standard InChI is InChI=1S/C13H17N3O2/c1-18-10-5-7-15(8-10)13-11(9-17)16-6-3-2-4-12(16)14-13/h2-4,6,10,17H,5,7-9H2,1H3. The Hall–Kier alpha value is -1.59. The Morgan fingerprint density at radius 1 is 1.50 bits per heavy atom. The lowest BCUT2D eigenvalue weighted by atomic mass is 10.3. The highest BCUT2D eigenvalue weighted by atomic mass is 16.5. The summed E-state index contributed by atoms with van der Waals surface area (Å²) in [7, 11) is 1.74. The first-order valence-corrected chi connectivity index (χ1v) is 6.18. The lowest BCUT2D eigenvalue weighted by Crippen LogP contribution is -2.23. The summed E-state index contributed by atoms with van der Waals surface area (Å²) in [5.74, 6) is 0.878. The number of methoxy groups -OCH3 is 1. The van der Waals surface area contributed by atoms with Crippen LogP contribution < -0.4 is 4.90 Å². The van der Waals surface area contributed by atoms with Crippen LogP contribution in [-0.4, -0.2) is 40.8 Å². The van der Waals surface area contributed by atoms with Crippen molar-refractivity contribution in [3.8, 4) is 0 Å². The van der Waals surface area contributed by atoms with Gasteiger partial charge in [0.1, 0.15) is 5.65 Å². The molecule has 5 heteroatoms. The van der Waals surface area contributed by atoms with Crippen LogP contribution in [0.2, 0.25) is 0 Å². The normalized spacial score (nSPS) is 19.9. The summed E-state index contributed by atoms with van der Waals surface area (Å²) in [4.78, 5) is 6.79. The predicted molar refractivity (Wildman–Crippen MR) is 68.7 cm³/mol. The Balaban J connectivity index is 2.01. The van der Waals surface area contributed by atoms with Crippen LogP contribution in [0.1, 0.15) is 12.1 Å². The minimum Gasteiger partial charge on any atom is -0.390 e. The number of anilines is 1. The van der Waals surface area contributed by atoms with Crippen LogP contribution in [0.25, 0.3) is 5.65 Å². The summed E-state index contributed by atoms with van der Waals surface area (Å²) in [6.07, 6.45) is 3.21. The van der Waals surface area contributed by atoms with Crippen LogP contribution in [0.15, 0.2) is 24.4 Å². The maximum absolute atomic E-state index is 9.57. The second kappa shape index (κ2) is 4.59. The fourth-order valence-electron chi connectivity index (χ4n) is 2.55. The molecule has 1 aliphatic heterocycles. The van der Waals surface area contributed by atoms with Gasteiger partial charge in [0.2, 0.25) is 0 Å². The van der Waals surface area contributed by atoms with Crippen molar-refractivity contribution in [1.29, 1.82) is 0 Å². The zero-order valence-corrected chi connectivity index (χ0v) is 10.4. The Morgan fingerprint density at radius 2 is 2.39 bits per heavy atom. The van der Waals surface area contributed by atoms with E-state index in [-0.39, 0.29) is 12.7 Å². The molecule has 18 heavy (non-hydrogen) atoms. The van der Waals surface area contributed by atoms with Gasteiger partial charge in [-0.15, -0.1) is 0 Å². The van der Waals surface area contributed by atoms with E-state index < -0.39 is 0 Å². The Kier molecular flexibility index (Phi) is 2.93. The number of fused-ring (bicyclic) bond motifs is 1. The summed E-state index contributed by atoms with van der Waals surface area (Å²) in [6.45, 7) is 1.76. The van der Waals surface area contributed by atoms with E-state index >= 15 is 0 Å². The molecule has 0 aliphatic carbocycles. The van der Waals surface area contributed by atoms with E-state index in [2.05, 4.69) is 9.88 Å². The van der Waals surface area contributed by atoms with Crippen LogP contribution in [0.4, 0.5) is 5.82 Å². The van der Waals surface area contributed by atoms with Gasteiger partial charge in [0, 0.05) is 26.4 Å². The molecule has 0 spiro atoms. The third-order valence-electron chi connectivity index (χ3n) is 3.54. The molecule has 1 aliphatic rings. The SMILES string of the molecule is COC1CCN(c2nc3ccccn3c2CO)C1. The van der Waals surface area contributed by atoms with Gasteiger partial charge in [-0.2, -0.15) is 0 Å². The fraction of sp³-hybridized carbons (Fsp3) is 0.462. The number of aromatic nitrogens is 2. The second-order valence-electron chi connectivity index (χ2n) is 4.56. The number of imidazole rings is 1. The molecule has 2 aromatic rings. The monoisotopic (exact) mass is 247 g/mol. The zero-order valence-electron chi connectivity index (χ0n) is 10.4. The molecule has 1 saturated heterocycles. The first-order chi connectivity index (χ1) is 8.83. The lowest BCUT2D eigenvalue weighted by molar-refractivity contribution is 0.121. The Bertz CT molecular complexity index is 552. The smallest absolute Gasteiger partial charge is 0.153 e. The average Bonchev–Trinajstić information content (AvgIpc) is 3.02. The molecule has 0 bridgehead atoms. The quantitative estimate of drug-likeness (QED) is 0.881. The van der Waals surface area contributed by atoms with E-state index in [1.165, 1.54) is 0 Å². The largest absolute Gasteiger partial charge is 0.390 e. The number of aliphatic hydroxyl groups excluding tert-OH is 1. The molecule has 5 nitrogen and oxygen atoms in total. The van der Waals surface area contributed by atoms with Gasteiger partial charge in [0.15, 0.2) is 5.82 Å². The van der Waals surface area contributed by atoms with Crippen molar-refractivity contribution in [3.63, 3.8) is 0 Å². The van der Waals surface area contributed by atoms with Gasteiger partial charge in [-0.3, -0.25) is 4.40 Å². The minimum absolute atomic E-state index is 0.00530. The number of pyridine rings is 1. The number of aliphatic hydroxyl groups is 1. The van der Waals surface area contributed by atoms with Crippen molar-refractivity contribution in [1.82, 2.24) is 9.38 Å². The summed E-state index contributed by atoms with van der Waals surface area (Å²) >= 11 is 0. The molecule has 1 atom stereocenters. The zero-order chi connectivity index (χ0) is 12.5. The number of hydrogen-bond donors (Lipinski definition) is 1. The van der Waals surface area contributed by atoms with Gasteiger partial charge in [0.05, 0.1) is 18.4 Å². The Morgan fingerprint density at radius 3 is 3.11 bits per heavy atom. The highest BCUT2D eigenvalue weighted by molar-refractivity contribution is 5.56. The molecule has 0 amide bonds. The van der Waals surface area contributed by atoms with E-state index in [1.54, 1.807) is 7.11 Å². The number of nitrogens with zero attached hydrogens (tertiary/aromatic N) is 3. The second-order valence-corrected chi connectivity index (χ2v) is 4.56. The van der Waals surface area contributed by atoms with Gasteiger partial charge in [-0.1, -0.05) is 6.07 Å². The lowest BCUT2D eigenvalue weighted by Gasteiger charge is -2.16. The van der Waals surface area contributed by atoms with Crippen molar-refractivity contribution < 1.29 is 9.84 Å². The highest BCUT2D eigenvalue weighted by Gasteiger charge is 2.26. The van der Waals surface area contributed by atoms with Crippen LogP contribution in [0, 0.1) is 0 Å². The van der Waals surface area contributed by atoms with Crippen molar-refractivity contribution in [3.05, 3.63) is 30.1 Å². The first kappa shape index (κ1) is 11.5. The highest BCUT2D eigenvalue weighted by Crippen LogP contribution is 2.26. The average molecular weight is 247 g/mol. The topological polar surface area (TPSA) is 50.0 Å². The molecule has 3 rings (SSSR count). The third kappa shape index (κ3) is 1.76. The molecule has 2 aromatic heterocycles. The molecule has 0 saturated carbocycles. The molecule has 96 valence electrons. The summed E-state index contributed by atoms with van der Waals surface area (Å²) in [5, 5.41) is 9.57. The molecule has 3 heterocycles. The van der Waals surface area contributed by atoms with Crippen LogP contribution in [0.3, 0.4) is 0 Å². The van der Waals surface area contributed by atoms with Gasteiger partial charge < -0.3 is 14.7 Å². The summed E-state index contributed by atoms with van der Waals surface area (Å²) in [5.41, 5.74) is 1.72. The molecule has 1 N–H and O–H groups in total. The molecule has 0 aromatic carbocycles. The molecule has 1 unspecified atom stereocenters. The van der Waals surface area contributed by atoms with E-state index in [0.29, 0.717) is 0 Å². The van der Waals surface area contributed by atoms with E-state index in [4.69, 9.17) is 4.74 Å². The van der Waals surface area contributed by atoms with E-state index in [1.807, 2.05) is 28.8 Å². The van der Waals surface area contributed by atoms with Crippen molar-refractivity contribution in [2.75, 3.05) is 25.1 Å². The molecular formula is C13H17N3O2. The van der Waals surface area contributed by atoms with Crippen LogP contribution >= 0.6 is 0 Å². The third-order valence-corrected chi connectivity index (χ3v) is 3.54. The number of hydrogen-bond acceptors (Lipinski definition) is 4. The summed E-state index contributed by atoms with van der Waals surface area (Å²) in [6, 6.07) is 5.85. The fourth-order valence-corrected chi connectivity index (χ4v) is 2.55. The Labute approximate surface area is 106 Å². The van der Waals surface area contributed by atoms with E-state index in [0.717, 1.165) is 36.7 Å². The maximum Gasteiger partial charge on any atom is 0.153 e. The molecule has 1 fully saturated rings. The minimum atomic E-state index is -0.00530. The maximum atomic E-state index is 9.57. The van der Waals surface area contributed by atoms with Crippen LogP contribution in [0.5, 0.6) is 0 Å². The number of rotatable bonds is 3.